The van der Waals surface area contributed by atoms with E-state index in [2.05, 4.69) is 16.6 Å². The number of allylic oxidation sites excluding steroid dienone is 4. The minimum Gasteiger partial charge on any atom is -0.361 e. The molecule has 1 aliphatic rings. The number of nitrogens with zero attached hydrogens (tertiary/aromatic N) is 1. The normalized spacial score (nSPS) is 13.6. The second-order valence-corrected chi connectivity index (χ2v) is 2.52. The first-order valence-electron chi connectivity index (χ1n) is 3.67. The summed E-state index contributed by atoms with van der Waals surface area (Å²) in [7, 11) is 0. The van der Waals surface area contributed by atoms with Crippen LogP contribution in [-0.2, 0) is 0 Å². The fourth-order valence-corrected chi connectivity index (χ4v) is 1.09. The largest absolute Gasteiger partial charge is 0.361 e. The second-order valence-electron chi connectivity index (χ2n) is 2.52. The van der Waals surface area contributed by atoms with Gasteiger partial charge in [0, 0.05) is 5.56 Å². The smallest absolute Gasteiger partial charge is 0.141 e. The van der Waals surface area contributed by atoms with Crippen molar-refractivity contribution in [2.75, 3.05) is 0 Å². The molecule has 1 aromatic heterocycles. The van der Waals surface area contributed by atoms with Gasteiger partial charge in [0.15, 0.2) is 0 Å². The molecule has 2 rings (SSSR count). The van der Waals surface area contributed by atoms with Crippen molar-refractivity contribution in [2.45, 2.75) is 6.92 Å². The number of aryl methyl sites for hydroxylation is 1. The van der Waals surface area contributed by atoms with Crippen molar-refractivity contribution in [3.63, 3.8) is 0 Å². The maximum absolute atomic E-state index is 4.94. The molecule has 0 N–H and O–H groups in total. The molecule has 2 heteroatoms. The summed E-state index contributed by atoms with van der Waals surface area (Å²) >= 11 is 0. The topological polar surface area (TPSA) is 26.0 Å². The van der Waals surface area contributed by atoms with Crippen LogP contribution in [0.3, 0.4) is 0 Å². The molecule has 0 atom stereocenters. The van der Waals surface area contributed by atoms with Crippen molar-refractivity contribution in [3.05, 3.63) is 47.2 Å². The first-order chi connectivity index (χ1) is 5.88. The number of aromatic nitrogens is 1. The number of hydrogen-bond donors (Lipinski definition) is 0. The van der Waals surface area contributed by atoms with Crippen molar-refractivity contribution in [1.82, 2.24) is 5.16 Å². The first kappa shape index (κ1) is 6.93. The maximum Gasteiger partial charge on any atom is 0.141 e. The molecule has 1 heterocycles. The van der Waals surface area contributed by atoms with Gasteiger partial charge in [0.2, 0.25) is 0 Å². The zero-order chi connectivity index (χ0) is 8.39. The first-order valence-corrected chi connectivity index (χ1v) is 3.67. The van der Waals surface area contributed by atoms with Gasteiger partial charge in [0.25, 0.3) is 0 Å². The van der Waals surface area contributed by atoms with Gasteiger partial charge in [-0.25, -0.2) is 0 Å². The van der Waals surface area contributed by atoms with E-state index >= 15 is 0 Å². The summed E-state index contributed by atoms with van der Waals surface area (Å²) in [6.45, 7) is 1.89. The Hall–Kier alpha value is -1.75. The zero-order valence-corrected chi connectivity index (χ0v) is 6.66. The fraction of sp³-hybridized carbons (Fsp3) is 0.100. The summed E-state index contributed by atoms with van der Waals surface area (Å²) in [5.74, 6) is 0.828. The van der Waals surface area contributed by atoms with E-state index in [0.29, 0.717) is 0 Å². The monoisotopic (exact) mass is 157 g/mol. The predicted molar refractivity (Wildman–Crippen MR) is 45.4 cm³/mol. The van der Waals surface area contributed by atoms with Crippen molar-refractivity contribution in [1.29, 1.82) is 0 Å². The minimum atomic E-state index is 0.828. The second kappa shape index (κ2) is 2.71. The Balaban J connectivity index is 2.46. The molecule has 0 spiro atoms. The minimum absolute atomic E-state index is 0.828. The molecule has 12 heavy (non-hydrogen) atoms. The van der Waals surface area contributed by atoms with E-state index in [1.165, 1.54) is 0 Å². The molecular weight excluding hydrogens is 150 g/mol. The molecule has 0 saturated heterocycles. The summed E-state index contributed by atoms with van der Waals surface area (Å²) in [6, 6.07) is 0. The van der Waals surface area contributed by atoms with Gasteiger partial charge in [-0.2, -0.15) is 0 Å². The molecule has 1 aliphatic carbocycles. The van der Waals surface area contributed by atoms with Crippen molar-refractivity contribution >= 4 is 5.57 Å². The van der Waals surface area contributed by atoms with Crippen LogP contribution in [0.25, 0.3) is 5.57 Å². The number of rotatable bonds is 1. The van der Waals surface area contributed by atoms with Crippen molar-refractivity contribution < 1.29 is 4.52 Å². The Bertz CT molecular complexity index is 424. The van der Waals surface area contributed by atoms with E-state index in [1.54, 1.807) is 6.20 Å². The van der Waals surface area contributed by atoms with Gasteiger partial charge in [-0.05, 0) is 30.7 Å². The van der Waals surface area contributed by atoms with Crippen LogP contribution >= 0.6 is 0 Å². The Labute approximate surface area is 70.2 Å². The summed E-state index contributed by atoms with van der Waals surface area (Å²) in [4.78, 5) is 0. The molecule has 58 valence electrons. The average molecular weight is 157 g/mol. The fourth-order valence-electron chi connectivity index (χ4n) is 1.09. The highest BCUT2D eigenvalue weighted by molar-refractivity contribution is 5.76. The lowest BCUT2D eigenvalue weighted by atomic mass is 10.1. The molecular formula is C10H7NO. The van der Waals surface area contributed by atoms with Crippen LogP contribution in [-0.4, -0.2) is 5.16 Å². The summed E-state index contributed by atoms with van der Waals surface area (Å²) < 4.78 is 4.94. The molecule has 0 unspecified atom stereocenters. The van der Waals surface area contributed by atoms with Gasteiger partial charge in [0.05, 0.1) is 6.20 Å². The predicted octanol–water partition coefficient (Wildman–Crippen LogP) is 2.25. The lowest BCUT2D eigenvalue weighted by molar-refractivity contribution is 0.397. The van der Waals surface area contributed by atoms with Gasteiger partial charge in [-0.3, -0.25) is 0 Å². The Kier molecular flexibility index (Phi) is 1.56. The third-order valence-electron chi connectivity index (χ3n) is 1.72. The summed E-state index contributed by atoms with van der Waals surface area (Å²) in [6.07, 6.45) is 7.34. The highest BCUT2D eigenvalue weighted by Gasteiger charge is 2.05. The third kappa shape index (κ3) is 1.06. The van der Waals surface area contributed by atoms with Crippen molar-refractivity contribution in [2.24, 2.45) is 0 Å². The zero-order valence-electron chi connectivity index (χ0n) is 6.66. The highest BCUT2D eigenvalue weighted by atomic mass is 16.5. The SMILES string of the molecule is Cc1oncc1C1=CC=C=C=C1. The van der Waals surface area contributed by atoms with Gasteiger partial charge in [0.1, 0.15) is 5.76 Å². The van der Waals surface area contributed by atoms with Gasteiger partial charge in [-0.1, -0.05) is 16.6 Å². The molecule has 0 saturated carbocycles. The molecule has 1 aromatic rings. The van der Waals surface area contributed by atoms with Crippen LogP contribution in [0, 0.1) is 6.92 Å². The average Bonchev–Trinajstić information content (AvgIpc) is 2.53. The molecule has 2 nitrogen and oxygen atoms in total. The number of hydrogen-bond acceptors (Lipinski definition) is 2. The van der Waals surface area contributed by atoms with E-state index in [4.69, 9.17) is 4.52 Å². The van der Waals surface area contributed by atoms with E-state index < -0.39 is 0 Å². The van der Waals surface area contributed by atoms with Crippen LogP contribution in [0.5, 0.6) is 0 Å². The van der Waals surface area contributed by atoms with E-state index in [9.17, 15) is 0 Å². The van der Waals surface area contributed by atoms with E-state index in [1.807, 2.05) is 25.2 Å². The lowest BCUT2D eigenvalue weighted by Gasteiger charge is -1.96. The van der Waals surface area contributed by atoms with E-state index in [0.717, 1.165) is 16.9 Å². The highest BCUT2D eigenvalue weighted by Crippen LogP contribution is 2.19. The third-order valence-corrected chi connectivity index (χ3v) is 1.72. The molecule has 0 bridgehead atoms. The van der Waals surface area contributed by atoms with E-state index in [-0.39, 0.29) is 0 Å². The van der Waals surface area contributed by atoms with Gasteiger partial charge < -0.3 is 4.52 Å². The van der Waals surface area contributed by atoms with Gasteiger partial charge in [-0.15, -0.1) is 0 Å². The maximum atomic E-state index is 4.94. The van der Waals surface area contributed by atoms with Crippen LogP contribution in [0.15, 0.2) is 40.4 Å². The van der Waals surface area contributed by atoms with Crippen molar-refractivity contribution in [3.8, 4) is 0 Å². The molecule has 0 aromatic carbocycles. The summed E-state index contributed by atoms with van der Waals surface area (Å²) in [5, 5.41) is 3.70. The quantitative estimate of drug-likeness (QED) is 0.584. The summed E-state index contributed by atoms with van der Waals surface area (Å²) in [5.41, 5.74) is 7.80. The standard InChI is InChI=1S/C10H7NO/c1-8-10(7-11-12-8)9-5-3-2-4-6-9/h3,5-7H,1H3. The molecule has 0 radical (unpaired) electrons. The Morgan fingerprint density at radius 2 is 2.33 bits per heavy atom. The Morgan fingerprint density at radius 3 is 2.92 bits per heavy atom. The molecule has 0 amide bonds. The van der Waals surface area contributed by atoms with Crippen LogP contribution in [0.2, 0.25) is 0 Å². The molecule has 0 aliphatic heterocycles. The molecule has 0 fully saturated rings. The van der Waals surface area contributed by atoms with Gasteiger partial charge >= 0.3 is 0 Å². The van der Waals surface area contributed by atoms with Crippen LogP contribution < -0.4 is 0 Å². The Morgan fingerprint density at radius 1 is 1.42 bits per heavy atom. The van der Waals surface area contributed by atoms with Crippen LogP contribution in [0.4, 0.5) is 0 Å². The lowest BCUT2D eigenvalue weighted by Crippen LogP contribution is -1.80. The van der Waals surface area contributed by atoms with Crippen LogP contribution in [0.1, 0.15) is 11.3 Å².